The summed E-state index contributed by atoms with van der Waals surface area (Å²) in [5.41, 5.74) is 7.66. The van der Waals surface area contributed by atoms with Crippen molar-refractivity contribution in [2.75, 3.05) is 4.72 Å². The Balaban J connectivity index is 2.36. The van der Waals surface area contributed by atoms with E-state index in [1.165, 1.54) is 0 Å². The molecule has 0 aliphatic carbocycles. The normalized spacial score (nSPS) is 11.8. The van der Waals surface area contributed by atoms with Gasteiger partial charge in [-0.15, -0.1) is 0 Å². The zero-order valence-electron chi connectivity index (χ0n) is 12.5. The molecule has 0 radical (unpaired) electrons. The van der Waals surface area contributed by atoms with Crippen molar-refractivity contribution in [2.45, 2.75) is 38.3 Å². The molecule has 0 aliphatic heterocycles. The first-order valence-electron chi connectivity index (χ1n) is 6.85. The Labute approximate surface area is 124 Å². The third-order valence-electron chi connectivity index (χ3n) is 3.31. The number of sulfonamides is 1. The molecule has 0 unspecified atom stereocenters. The van der Waals surface area contributed by atoms with E-state index in [0.29, 0.717) is 25.2 Å². The van der Waals surface area contributed by atoms with Crippen LogP contribution in [0.2, 0.25) is 0 Å². The van der Waals surface area contributed by atoms with E-state index in [0.717, 1.165) is 11.4 Å². The third-order valence-corrected chi connectivity index (χ3v) is 4.64. The number of aromatic nitrogens is 3. The van der Waals surface area contributed by atoms with Gasteiger partial charge in [-0.1, -0.05) is 6.92 Å². The summed E-state index contributed by atoms with van der Waals surface area (Å²) in [4.78, 5) is 0.218. The Hall–Kier alpha value is -1.80. The minimum atomic E-state index is -3.63. The quantitative estimate of drug-likeness (QED) is 0.834. The van der Waals surface area contributed by atoms with Gasteiger partial charge in [0.15, 0.2) is 0 Å². The predicted molar refractivity (Wildman–Crippen MR) is 81.4 cm³/mol. The van der Waals surface area contributed by atoms with Crippen LogP contribution in [0.15, 0.2) is 23.4 Å². The third kappa shape index (κ3) is 3.11. The molecule has 0 atom stereocenters. The van der Waals surface area contributed by atoms with Crippen LogP contribution < -0.4 is 10.5 Å². The van der Waals surface area contributed by atoms with Gasteiger partial charge in [0.2, 0.25) is 0 Å². The Kier molecular flexibility index (Phi) is 4.38. The Morgan fingerprint density at radius 3 is 2.57 bits per heavy atom. The molecule has 0 saturated carbocycles. The fourth-order valence-corrected chi connectivity index (χ4v) is 3.36. The molecule has 7 nitrogen and oxygen atoms in total. The first-order chi connectivity index (χ1) is 9.91. The van der Waals surface area contributed by atoms with Crippen molar-refractivity contribution in [3.63, 3.8) is 0 Å². The summed E-state index contributed by atoms with van der Waals surface area (Å²) in [6, 6.07) is 1.60. The SMILES string of the molecule is CCc1nn(C)cc1NS(=O)(=O)c1cc(CN)n(CC)c1. The molecular weight excluding hydrogens is 290 g/mol. The number of rotatable bonds is 6. The number of hydrogen-bond donors (Lipinski definition) is 2. The molecule has 0 bridgehead atoms. The number of nitrogens with zero attached hydrogens (tertiary/aromatic N) is 3. The average Bonchev–Trinajstić information content (AvgIpc) is 3.01. The molecule has 0 spiro atoms. The Bertz CT molecular complexity index is 708. The van der Waals surface area contributed by atoms with Gasteiger partial charge in [-0.05, 0) is 19.4 Å². The minimum Gasteiger partial charge on any atom is -0.349 e. The lowest BCUT2D eigenvalue weighted by Gasteiger charge is -2.05. The van der Waals surface area contributed by atoms with Crippen LogP contribution >= 0.6 is 0 Å². The van der Waals surface area contributed by atoms with Crippen LogP contribution in [0.5, 0.6) is 0 Å². The Morgan fingerprint density at radius 2 is 2.05 bits per heavy atom. The summed E-state index contributed by atoms with van der Waals surface area (Å²) >= 11 is 0. The van der Waals surface area contributed by atoms with Crippen LogP contribution in [-0.2, 0) is 36.6 Å². The zero-order chi connectivity index (χ0) is 15.6. The van der Waals surface area contributed by atoms with Crippen molar-refractivity contribution in [1.82, 2.24) is 14.3 Å². The van der Waals surface area contributed by atoms with Gasteiger partial charge in [-0.3, -0.25) is 9.40 Å². The van der Waals surface area contributed by atoms with Crippen LogP contribution in [-0.4, -0.2) is 22.8 Å². The van der Waals surface area contributed by atoms with E-state index in [1.807, 2.05) is 18.4 Å². The maximum Gasteiger partial charge on any atom is 0.263 e. The van der Waals surface area contributed by atoms with Gasteiger partial charge in [0.1, 0.15) is 4.90 Å². The molecule has 0 aromatic carbocycles. The monoisotopic (exact) mass is 311 g/mol. The molecule has 0 amide bonds. The number of nitrogens with two attached hydrogens (primary N) is 1. The maximum absolute atomic E-state index is 12.5. The summed E-state index contributed by atoms with van der Waals surface area (Å²) in [7, 11) is -1.87. The molecule has 2 rings (SSSR count). The second-order valence-electron chi connectivity index (χ2n) is 4.78. The van der Waals surface area contributed by atoms with Crippen molar-refractivity contribution in [3.8, 4) is 0 Å². The van der Waals surface area contributed by atoms with E-state index in [-0.39, 0.29) is 4.90 Å². The molecule has 2 heterocycles. The summed E-state index contributed by atoms with van der Waals surface area (Å²) in [6.07, 6.45) is 3.92. The van der Waals surface area contributed by atoms with Crippen LogP contribution in [0.3, 0.4) is 0 Å². The molecule has 2 aromatic heterocycles. The fraction of sp³-hybridized carbons (Fsp3) is 0.462. The number of anilines is 1. The lowest BCUT2D eigenvalue weighted by Crippen LogP contribution is -2.13. The molecule has 0 fully saturated rings. The smallest absolute Gasteiger partial charge is 0.263 e. The summed E-state index contributed by atoms with van der Waals surface area (Å²) < 4.78 is 31.0. The van der Waals surface area contributed by atoms with Gasteiger partial charge in [-0.25, -0.2) is 8.42 Å². The largest absolute Gasteiger partial charge is 0.349 e. The average molecular weight is 311 g/mol. The molecule has 3 N–H and O–H groups in total. The molecule has 116 valence electrons. The first-order valence-corrected chi connectivity index (χ1v) is 8.34. The maximum atomic E-state index is 12.5. The summed E-state index contributed by atoms with van der Waals surface area (Å²) in [5, 5.41) is 4.23. The molecular formula is C13H21N5O2S. The summed E-state index contributed by atoms with van der Waals surface area (Å²) in [5.74, 6) is 0. The Morgan fingerprint density at radius 1 is 1.33 bits per heavy atom. The van der Waals surface area contributed by atoms with Gasteiger partial charge < -0.3 is 10.3 Å². The topological polar surface area (TPSA) is 94.9 Å². The molecule has 0 aliphatic rings. The highest BCUT2D eigenvalue weighted by atomic mass is 32.2. The highest BCUT2D eigenvalue weighted by Gasteiger charge is 2.20. The molecule has 21 heavy (non-hydrogen) atoms. The summed E-state index contributed by atoms with van der Waals surface area (Å²) in [6.45, 7) is 4.85. The fourth-order valence-electron chi connectivity index (χ4n) is 2.22. The number of nitrogens with one attached hydrogen (secondary N) is 1. The van der Waals surface area contributed by atoms with Crippen molar-refractivity contribution < 1.29 is 8.42 Å². The second-order valence-corrected chi connectivity index (χ2v) is 6.46. The van der Waals surface area contributed by atoms with Crippen molar-refractivity contribution in [2.24, 2.45) is 12.8 Å². The molecule has 2 aromatic rings. The van der Waals surface area contributed by atoms with Crippen LogP contribution in [0, 0.1) is 0 Å². The lowest BCUT2D eigenvalue weighted by molar-refractivity contribution is 0.600. The number of aryl methyl sites for hydroxylation is 3. The van der Waals surface area contributed by atoms with E-state index < -0.39 is 10.0 Å². The van der Waals surface area contributed by atoms with Crippen molar-refractivity contribution in [3.05, 3.63) is 29.8 Å². The molecule has 8 heteroatoms. The van der Waals surface area contributed by atoms with Gasteiger partial charge >= 0.3 is 0 Å². The van der Waals surface area contributed by atoms with Crippen LogP contribution in [0.25, 0.3) is 0 Å². The lowest BCUT2D eigenvalue weighted by atomic mass is 10.3. The van der Waals surface area contributed by atoms with E-state index in [2.05, 4.69) is 9.82 Å². The van der Waals surface area contributed by atoms with Crippen molar-refractivity contribution >= 4 is 15.7 Å². The van der Waals surface area contributed by atoms with E-state index in [4.69, 9.17) is 5.73 Å². The van der Waals surface area contributed by atoms with E-state index in [1.54, 1.807) is 30.2 Å². The van der Waals surface area contributed by atoms with Gasteiger partial charge in [-0.2, -0.15) is 5.10 Å². The van der Waals surface area contributed by atoms with Crippen molar-refractivity contribution in [1.29, 1.82) is 0 Å². The minimum absolute atomic E-state index is 0.218. The second kappa shape index (κ2) is 5.90. The highest BCUT2D eigenvalue weighted by molar-refractivity contribution is 7.92. The van der Waals surface area contributed by atoms with Gasteiger partial charge in [0.05, 0.1) is 11.4 Å². The van der Waals surface area contributed by atoms with Crippen LogP contribution in [0.4, 0.5) is 5.69 Å². The highest BCUT2D eigenvalue weighted by Crippen LogP contribution is 2.21. The first kappa shape index (κ1) is 15.6. The number of hydrogen-bond acceptors (Lipinski definition) is 4. The molecule has 0 saturated heterocycles. The van der Waals surface area contributed by atoms with Crippen LogP contribution in [0.1, 0.15) is 25.2 Å². The van der Waals surface area contributed by atoms with E-state index >= 15 is 0 Å². The van der Waals surface area contributed by atoms with Gasteiger partial charge in [0, 0.05) is 38.2 Å². The van der Waals surface area contributed by atoms with Gasteiger partial charge in [0.25, 0.3) is 10.0 Å². The standard InChI is InChI=1S/C13H21N5O2S/c1-4-12-13(9-17(3)15-12)16-21(19,20)11-6-10(7-14)18(5-2)8-11/h6,8-9,16H,4-5,7,14H2,1-3H3. The van der Waals surface area contributed by atoms with E-state index in [9.17, 15) is 8.42 Å². The predicted octanol–water partition coefficient (Wildman–Crippen LogP) is 1.06. The zero-order valence-corrected chi connectivity index (χ0v) is 13.3.